The van der Waals surface area contributed by atoms with E-state index in [4.69, 9.17) is 27.9 Å². The van der Waals surface area contributed by atoms with Crippen molar-refractivity contribution in [2.24, 2.45) is 0 Å². The topological polar surface area (TPSA) is 51.2 Å². The molecule has 1 N–H and O–H groups in total. The highest BCUT2D eigenvalue weighted by Gasteiger charge is 2.43. The number of amides is 1. The van der Waals surface area contributed by atoms with Crippen molar-refractivity contribution in [3.8, 4) is 5.88 Å². The maximum Gasteiger partial charge on any atom is 0.230 e. The minimum Gasteiger partial charge on any atom is -0.474 e. The molecule has 4 nitrogen and oxygen atoms in total. The second kappa shape index (κ2) is 8.93. The van der Waals surface area contributed by atoms with Gasteiger partial charge >= 0.3 is 0 Å². The lowest BCUT2D eigenvalue weighted by Gasteiger charge is -2.34. The zero-order valence-corrected chi connectivity index (χ0v) is 17.9. The lowest BCUT2D eigenvalue weighted by atomic mass is 9.77. The van der Waals surface area contributed by atoms with Crippen LogP contribution in [0.2, 0.25) is 10.0 Å². The average Bonchev–Trinajstić information content (AvgIpc) is 3.23. The second-order valence-electron chi connectivity index (χ2n) is 8.18. The predicted octanol–water partition coefficient (Wildman–Crippen LogP) is 5.71. The molecular weight excluding hydrogens is 407 g/mol. The molecule has 4 rings (SSSR count). The van der Waals surface area contributed by atoms with Crippen molar-refractivity contribution < 1.29 is 9.53 Å². The first-order chi connectivity index (χ1) is 14.0. The SMILES string of the molecule is O=C(NC1CCC(Oc2ccc(Cl)cn2)CC1)C1(c2ccc(Cl)cc2)CCCC1. The molecule has 29 heavy (non-hydrogen) atoms. The molecule has 0 unspecified atom stereocenters. The van der Waals surface area contributed by atoms with E-state index in [-0.39, 0.29) is 18.1 Å². The molecular formula is C23H26Cl2N2O2. The number of nitrogens with zero attached hydrogens (tertiary/aromatic N) is 1. The van der Waals surface area contributed by atoms with Gasteiger partial charge < -0.3 is 10.1 Å². The number of hydrogen-bond donors (Lipinski definition) is 1. The third-order valence-corrected chi connectivity index (χ3v) is 6.76. The Balaban J connectivity index is 1.35. The van der Waals surface area contributed by atoms with Gasteiger partial charge in [-0.15, -0.1) is 0 Å². The first kappa shape index (κ1) is 20.5. The summed E-state index contributed by atoms with van der Waals surface area (Å²) in [5.41, 5.74) is 0.674. The molecule has 2 saturated carbocycles. The highest BCUT2D eigenvalue weighted by atomic mass is 35.5. The van der Waals surface area contributed by atoms with Crippen LogP contribution in [0.1, 0.15) is 56.9 Å². The molecule has 0 bridgehead atoms. The molecule has 1 amide bonds. The van der Waals surface area contributed by atoms with Gasteiger partial charge in [0.05, 0.1) is 10.4 Å². The highest BCUT2D eigenvalue weighted by molar-refractivity contribution is 6.30. The van der Waals surface area contributed by atoms with Crippen molar-refractivity contribution in [2.45, 2.75) is 68.9 Å². The summed E-state index contributed by atoms with van der Waals surface area (Å²) in [6.07, 6.45) is 9.36. The van der Waals surface area contributed by atoms with E-state index in [1.165, 1.54) is 0 Å². The maximum atomic E-state index is 13.3. The average molecular weight is 433 g/mol. The summed E-state index contributed by atoms with van der Waals surface area (Å²) in [6.45, 7) is 0. The smallest absolute Gasteiger partial charge is 0.230 e. The van der Waals surface area contributed by atoms with Crippen LogP contribution in [0.15, 0.2) is 42.6 Å². The van der Waals surface area contributed by atoms with Crippen molar-refractivity contribution >= 4 is 29.1 Å². The van der Waals surface area contributed by atoms with Gasteiger partial charge in [0.2, 0.25) is 11.8 Å². The molecule has 2 aliphatic rings. The third-order valence-electron chi connectivity index (χ3n) is 6.29. The molecule has 154 valence electrons. The largest absolute Gasteiger partial charge is 0.474 e. The molecule has 0 saturated heterocycles. The van der Waals surface area contributed by atoms with E-state index in [1.54, 1.807) is 18.3 Å². The monoisotopic (exact) mass is 432 g/mol. The van der Waals surface area contributed by atoms with Crippen LogP contribution < -0.4 is 10.1 Å². The number of ether oxygens (including phenoxy) is 1. The molecule has 0 aliphatic heterocycles. The summed E-state index contributed by atoms with van der Waals surface area (Å²) in [5.74, 6) is 0.774. The van der Waals surface area contributed by atoms with E-state index in [0.717, 1.165) is 56.9 Å². The number of pyridine rings is 1. The number of rotatable bonds is 5. The number of hydrogen-bond acceptors (Lipinski definition) is 3. The molecule has 1 heterocycles. The van der Waals surface area contributed by atoms with Crippen molar-refractivity contribution in [1.82, 2.24) is 10.3 Å². The van der Waals surface area contributed by atoms with E-state index in [2.05, 4.69) is 10.3 Å². The fraction of sp³-hybridized carbons (Fsp3) is 0.478. The van der Waals surface area contributed by atoms with Gasteiger partial charge in [-0.25, -0.2) is 4.98 Å². The minimum absolute atomic E-state index is 0.133. The Labute approximate surface area is 182 Å². The summed E-state index contributed by atoms with van der Waals surface area (Å²) in [6, 6.07) is 11.6. The quantitative estimate of drug-likeness (QED) is 0.658. The fourth-order valence-corrected chi connectivity index (χ4v) is 4.88. The van der Waals surface area contributed by atoms with Crippen LogP contribution in [0, 0.1) is 0 Å². The zero-order valence-electron chi connectivity index (χ0n) is 16.4. The molecule has 2 aliphatic carbocycles. The highest BCUT2D eigenvalue weighted by Crippen LogP contribution is 2.42. The Bertz CT molecular complexity index is 825. The van der Waals surface area contributed by atoms with E-state index < -0.39 is 5.41 Å². The van der Waals surface area contributed by atoms with Crippen LogP contribution in [0.4, 0.5) is 0 Å². The van der Waals surface area contributed by atoms with Gasteiger partial charge in [-0.05, 0) is 62.3 Å². The first-order valence-electron chi connectivity index (χ1n) is 10.4. The second-order valence-corrected chi connectivity index (χ2v) is 9.05. The Hall–Kier alpha value is -1.78. The molecule has 6 heteroatoms. The van der Waals surface area contributed by atoms with Gasteiger partial charge in [-0.2, -0.15) is 0 Å². The number of benzene rings is 1. The van der Waals surface area contributed by atoms with Crippen LogP contribution in [-0.2, 0) is 10.2 Å². The van der Waals surface area contributed by atoms with Crippen LogP contribution in [0.3, 0.4) is 0 Å². The minimum atomic E-state index is -0.412. The fourth-order valence-electron chi connectivity index (χ4n) is 4.65. The number of carbonyl (C=O) groups is 1. The molecule has 1 aromatic heterocycles. The Morgan fingerprint density at radius 3 is 2.24 bits per heavy atom. The zero-order chi connectivity index (χ0) is 20.3. The van der Waals surface area contributed by atoms with E-state index in [9.17, 15) is 4.79 Å². The van der Waals surface area contributed by atoms with Gasteiger partial charge in [-0.3, -0.25) is 4.79 Å². The predicted molar refractivity (Wildman–Crippen MR) is 116 cm³/mol. The Morgan fingerprint density at radius 2 is 1.62 bits per heavy atom. The van der Waals surface area contributed by atoms with Crippen molar-refractivity contribution in [2.75, 3.05) is 0 Å². The van der Waals surface area contributed by atoms with Crippen molar-refractivity contribution in [1.29, 1.82) is 0 Å². The van der Waals surface area contributed by atoms with Crippen LogP contribution in [0.25, 0.3) is 0 Å². The molecule has 1 aromatic carbocycles. The van der Waals surface area contributed by atoms with Gasteiger partial charge in [0, 0.05) is 23.3 Å². The van der Waals surface area contributed by atoms with Crippen LogP contribution in [0.5, 0.6) is 5.88 Å². The molecule has 2 fully saturated rings. The van der Waals surface area contributed by atoms with E-state index in [1.807, 2.05) is 24.3 Å². The number of aromatic nitrogens is 1. The Kier molecular flexibility index (Phi) is 6.31. The maximum absolute atomic E-state index is 13.3. The molecule has 0 radical (unpaired) electrons. The number of carbonyl (C=O) groups excluding carboxylic acids is 1. The van der Waals surface area contributed by atoms with Crippen molar-refractivity contribution in [3.63, 3.8) is 0 Å². The standard InChI is InChI=1S/C23H26Cl2N2O2/c24-17-5-3-16(4-6-17)23(13-1-2-14-23)22(28)27-19-8-10-20(11-9-19)29-21-12-7-18(25)15-26-21/h3-7,12,15,19-20H,1-2,8-11,13-14H2,(H,27,28). The number of halogens is 2. The normalized spacial score (nSPS) is 23.5. The third kappa shape index (κ3) is 4.70. The summed E-state index contributed by atoms with van der Waals surface area (Å²) >= 11 is 11.9. The molecule has 0 spiro atoms. The summed E-state index contributed by atoms with van der Waals surface area (Å²) in [5, 5.41) is 4.65. The van der Waals surface area contributed by atoms with E-state index in [0.29, 0.717) is 15.9 Å². The lowest BCUT2D eigenvalue weighted by Crippen LogP contribution is -2.48. The lowest BCUT2D eigenvalue weighted by molar-refractivity contribution is -0.127. The first-order valence-corrected chi connectivity index (χ1v) is 11.2. The number of nitrogens with one attached hydrogen (secondary N) is 1. The van der Waals surface area contributed by atoms with Crippen LogP contribution >= 0.6 is 23.2 Å². The van der Waals surface area contributed by atoms with Gasteiger partial charge in [0.15, 0.2) is 0 Å². The van der Waals surface area contributed by atoms with Crippen molar-refractivity contribution in [3.05, 3.63) is 58.2 Å². The van der Waals surface area contributed by atoms with Gasteiger partial charge in [-0.1, -0.05) is 48.2 Å². The van der Waals surface area contributed by atoms with Gasteiger partial charge in [0.25, 0.3) is 0 Å². The summed E-state index contributed by atoms with van der Waals surface area (Å²) in [7, 11) is 0. The van der Waals surface area contributed by atoms with Crippen LogP contribution in [-0.4, -0.2) is 23.0 Å². The molecule has 2 aromatic rings. The Morgan fingerprint density at radius 1 is 0.966 bits per heavy atom. The summed E-state index contributed by atoms with van der Waals surface area (Å²) < 4.78 is 5.97. The van der Waals surface area contributed by atoms with E-state index >= 15 is 0 Å². The van der Waals surface area contributed by atoms with Gasteiger partial charge in [0.1, 0.15) is 6.10 Å². The molecule has 0 atom stereocenters. The summed E-state index contributed by atoms with van der Waals surface area (Å²) in [4.78, 5) is 17.5.